The smallest absolute Gasteiger partial charge is 0.277 e. The van der Waals surface area contributed by atoms with Crippen molar-refractivity contribution in [3.05, 3.63) is 16.6 Å². The zero-order valence-corrected chi connectivity index (χ0v) is 11.7. The molecule has 106 valence electrons. The number of rotatable bonds is 3. The summed E-state index contributed by atoms with van der Waals surface area (Å²) in [5.74, 6) is -1.47. The highest BCUT2D eigenvalue weighted by Gasteiger charge is 2.45. The molecule has 1 aliphatic carbocycles. The minimum absolute atomic E-state index is 0.0643. The first-order valence-corrected chi connectivity index (χ1v) is 7.59. The average Bonchev–Trinajstić information content (AvgIpc) is 3.07. The van der Waals surface area contributed by atoms with Crippen molar-refractivity contribution in [2.75, 3.05) is 0 Å². The SMILES string of the molecule is O=C1NC(=O)N(Cc2nccs2)C(=O)C1C1CCCC1. The molecule has 1 saturated heterocycles. The van der Waals surface area contributed by atoms with Gasteiger partial charge in [0.05, 0.1) is 6.54 Å². The molecular formula is C13H15N3O3S. The molecule has 1 unspecified atom stereocenters. The van der Waals surface area contributed by atoms with E-state index in [0.29, 0.717) is 5.01 Å². The number of aromatic nitrogens is 1. The van der Waals surface area contributed by atoms with Crippen LogP contribution >= 0.6 is 11.3 Å². The molecule has 6 nitrogen and oxygen atoms in total. The van der Waals surface area contributed by atoms with E-state index in [1.165, 1.54) is 11.3 Å². The van der Waals surface area contributed by atoms with Crippen molar-refractivity contribution in [2.24, 2.45) is 11.8 Å². The van der Waals surface area contributed by atoms with Gasteiger partial charge in [-0.2, -0.15) is 0 Å². The third kappa shape index (κ3) is 2.33. The molecule has 1 aromatic rings. The lowest BCUT2D eigenvalue weighted by molar-refractivity contribution is -0.145. The van der Waals surface area contributed by atoms with Crippen LogP contribution in [0, 0.1) is 11.8 Å². The first-order chi connectivity index (χ1) is 9.66. The van der Waals surface area contributed by atoms with Crippen LogP contribution in [0.4, 0.5) is 4.79 Å². The van der Waals surface area contributed by atoms with Crippen molar-refractivity contribution in [2.45, 2.75) is 32.2 Å². The summed E-state index contributed by atoms with van der Waals surface area (Å²) >= 11 is 1.38. The third-order valence-electron chi connectivity index (χ3n) is 3.94. The molecule has 2 fully saturated rings. The Kier molecular flexibility index (Phi) is 3.52. The Morgan fingerprint density at radius 2 is 2.05 bits per heavy atom. The fourth-order valence-corrected chi connectivity index (χ4v) is 3.56. The first-order valence-electron chi connectivity index (χ1n) is 6.71. The van der Waals surface area contributed by atoms with E-state index in [9.17, 15) is 14.4 Å². The Labute approximate surface area is 120 Å². The number of imide groups is 2. The number of thiazole rings is 1. The van der Waals surface area contributed by atoms with Crippen LogP contribution in [0.15, 0.2) is 11.6 Å². The van der Waals surface area contributed by atoms with E-state index in [0.717, 1.165) is 30.6 Å². The summed E-state index contributed by atoms with van der Waals surface area (Å²) in [6, 6.07) is -0.635. The molecule has 20 heavy (non-hydrogen) atoms. The summed E-state index contributed by atoms with van der Waals surface area (Å²) in [5.41, 5.74) is 0. The lowest BCUT2D eigenvalue weighted by atomic mass is 9.87. The van der Waals surface area contributed by atoms with E-state index < -0.39 is 17.9 Å². The van der Waals surface area contributed by atoms with E-state index in [-0.39, 0.29) is 18.4 Å². The van der Waals surface area contributed by atoms with Gasteiger partial charge in [0.1, 0.15) is 10.9 Å². The van der Waals surface area contributed by atoms with Gasteiger partial charge >= 0.3 is 6.03 Å². The molecule has 1 atom stereocenters. The number of amides is 4. The van der Waals surface area contributed by atoms with E-state index in [4.69, 9.17) is 0 Å². The molecule has 1 N–H and O–H groups in total. The van der Waals surface area contributed by atoms with Crippen LogP contribution < -0.4 is 5.32 Å². The highest BCUT2D eigenvalue weighted by molar-refractivity contribution is 7.09. The maximum absolute atomic E-state index is 12.5. The van der Waals surface area contributed by atoms with Gasteiger partial charge in [0.25, 0.3) is 0 Å². The normalized spacial score (nSPS) is 24.3. The van der Waals surface area contributed by atoms with Crippen LogP contribution in [0.5, 0.6) is 0 Å². The Morgan fingerprint density at radius 1 is 1.30 bits per heavy atom. The molecule has 1 aliphatic heterocycles. The van der Waals surface area contributed by atoms with Gasteiger partial charge < -0.3 is 0 Å². The number of nitrogens with one attached hydrogen (secondary N) is 1. The zero-order valence-electron chi connectivity index (χ0n) is 10.9. The number of nitrogens with zero attached hydrogens (tertiary/aromatic N) is 2. The summed E-state index contributed by atoms with van der Waals surface area (Å²) in [7, 11) is 0. The van der Waals surface area contributed by atoms with Gasteiger partial charge in [0, 0.05) is 11.6 Å². The van der Waals surface area contributed by atoms with Crippen molar-refractivity contribution >= 4 is 29.2 Å². The predicted molar refractivity (Wildman–Crippen MR) is 71.7 cm³/mol. The van der Waals surface area contributed by atoms with Crippen LogP contribution in [0.1, 0.15) is 30.7 Å². The number of urea groups is 1. The van der Waals surface area contributed by atoms with Crippen molar-refractivity contribution in [3.8, 4) is 0 Å². The Morgan fingerprint density at radius 3 is 2.70 bits per heavy atom. The largest absolute Gasteiger partial charge is 0.331 e. The molecule has 3 rings (SSSR count). The maximum atomic E-state index is 12.5. The van der Waals surface area contributed by atoms with E-state index in [1.807, 2.05) is 0 Å². The minimum Gasteiger partial charge on any atom is -0.277 e. The first kappa shape index (κ1) is 13.2. The summed E-state index contributed by atoms with van der Waals surface area (Å²) in [4.78, 5) is 41.5. The third-order valence-corrected chi connectivity index (χ3v) is 4.70. The molecule has 2 aliphatic rings. The van der Waals surface area contributed by atoms with Gasteiger partial charge in [-0.1, -0.05) is 12.8 Å². The van der Waals surface area contributed by atoms with Crippen molar-refractivity contribution in [1.82, 2.24) is 15.2 Å². The summed E-state index contributed by atoms with van der Waals surface area (Å²) < 4.78 is 0. The van der Waals surface area contributed by atoms with Gasteiger partial charge in [-0.25, -0.2) is 9.78 Å². The van der Waals surface area contributed by atoms with Crippen LogP contribution in [0.2, 0.25) is 0 Å². The lowest BCUT2D eigenvalue weighted by Crippen LogP contribution is -2.59. The van der Waals surface area contributed by atoms with Gasteiger partial charge in [-0.05, 0) is 18.8 Å². The molecule has 7 heteroatoms. The number of barbiturate groups is 1. The molecular weight excluding hydrogens is 278 g/mol. The number of hydrogen-bond donors (Lipinski definition) is 1. The second-order valence-corrected chi connectivity index (χ2v) is 6.15. The van der Waals surface area contributed by atoms with E-state index >= 15 is 0 Å². The highest BCUT2D eigenvalue weighted by Crippen LogP contribution is 2.34. The zero-order chi connectivity index (χ0) is 14.1. The molecule has 1 saturated carbocycles. The molecule has 4 amide bonds. The summed E-state index contributed by atoms with van der Waals surface area (Å²) in [6.07, 6.45) is 5.47. The molecule has 0 radical (unpaired) electrons. The lowest BCUT2D eigenvalue weighted by Gasteiger charge is -2.32. The van der Waals surface area contributed by atoms with Crippen molar-refractivity contribution < 1.29 is 14.4 Å². The monoisotopic (exact) mass is 293 g/mol. The van der Waals surface area contributed by atoms with Crippen LogP contribution in [-0.2, 0) is 16.1 Å². The molecule has 0 spiro atoms. The van der Waals surface area contributed by atoms with Gasteiger partial charge in [0.15, 0.2) is 0 Å². The second kappa shape index (κ2) is 5.32. The summed E-state index contributed by atoms with van der Waals surface area (Å²) in [6.45, 7) is 0.138. The molecule has 0 aromatic carbocycles. The average molecular weight is 293 g/mol. The highest BCUT2D eigenvalue weighted by atomic mass is 32.1. The van der Waals surface area contributed by atoms with E-state index in [2.05, 4.69) is 10.3 Å². The van der Waals surface area contributed by atoms with Gasteiger partial charge in [-0.15, -0.1) is 11.3 Å². The van der Waals surface area contributed by atoms with Crippen molar-refractivity contribution in [3.63, 3.8) is 0 Å². The quantitative estimate of drug-likeness (QED) is 0.857. The van der Waals surface area contributed by atoms with Crippen LogP contribution in [0.3, 0.4) is 0 Å². The molecule has 1 aromatic heterocycles. The Bertz CT molecular complexity index is 537. The number of carbonyl (C=O) groups excluding carboxylic acids is 3. The van der Waals surface area contributed by atoms with Crippen LogP contribution in [0.25, 0.3) is 0 Å². The Balaban J connectivity index is 1.80. The van der Waals surface area contributed by atoms with Crippen molar-refractivity contribution in [1.29, 1.82) is 0 Å². The predicted octanol–water partition coefficient (Wildman–Crippen LogP) is 1.53. The number of hydrogen-bond acceptors (Lipinski definition) is 5. The van der Waals surface area contributed by atoms with Gasteiger partial charge in [0.2, 0.25) is 11.8 Å². The van der Waals surface area contributed by atoms with E-state index in [1.54, 1.807) is 11.6 Å². The fraction of sp³-hybridized carbons (Fsp3) is 0.538. The summed E-state index contributed by atoms with van der Waals surface area (Å²) in [5, 5.41) is 4.78. The fourth-order valence-electron chi connectivity index (χ4n) is 2.95. The number of carbonyl (C=O) groups is 3. The Hall–Kier alpha value is -1.76. The second-order valence-electron chi connectivity index (χ2n) is 5.17. The van der Waals surface area contributed by atoms with Crippen LogP contribution in [-0.4, -0.2) is 27.7 Å². The standard InChI is InChI=1S/C13H15N3O3S/c17-11-10(8-3-1-2-4-8)12(18)16(13(19)15-11)7-9-14-5-6-20-9/h5-6,8,10H,1-4,7H2,(H,15,17,19). The molecule has 2 heterocycles. The molecule has 0 bridgehead atoms. The maximum Gasteiger partial charge on any atom is 0.331 e. The minimum atomic E-state index is -0.713. The topological polar surface area (TPSA) is 79.4 Å². The van der Waals surface area contributed by atoms with Gasteiger partial charge in [-0.3, -0.25) is 19.8 Å².